The Hall–Kier alpha value is -4.41. The predicted octanol–water partition coefficient (Wildman–Crippen LogP) is 3.60. The summed E-state index contributed by atoms with van der Waals surface area (Å²) < 4.78 is 15.9. The molecule has 11 nitrogen and oxygen atoms in total. The molecule has 0 bridgehead atoms. The summed E-state index contributed by atoms with van der Waals surface area (Å²) in [4.78, 5) is 27.1. The molecule has 0 saturated carbocycles. The largest absolute Gasteiger partial charge is 0.493 e. The fraction of sp³-hybridized carbons (Fsp3) is 0.292. The number of para-hydroxylation sites is 1. The number of rotatable bonds is 9. The molecule has 1 fully saturated rings. The normalized spacial score (nSPS) is 13.1. The number of benzene rings is 2. The number of methoxy groups -OCH3 is 2. The Kier molecular flexibility index (Phi) is 7.56. The fourth-order valence-corrected chi connectivity index (χ4v) is 3.56. The van der Waals surface area contributed by atoms with Crippen LogP contribution in [0.15, 0.2) is 47.6 Å². The van der Waals surface area contributed by atoms with E-state index < -0.39 is 5.97 Å². The zero-order chi connectivity index (χ0) is 24.6. The molecule has 2 N–H and O–H groups in total. The highest BCUT2D eigenvalue weighted by atomic mass is 16.6. The van der Waals surface area contributed by atoms with Crippen molar-refractivity contribution in [2.24, 2.45) is 5.10 Å². The highest BCUT2D eigenvalue weighted by Gasteiger charge is 2.18. The van der Waals surface area contributed by atoms with E-state index in [0.717, 1.165) is 31.6 Å². The molecule has 2 aromatic carbocycles. The Labute approximate surface area is 203 Å². The molecule has 11 heteroatoms. The lowest BCUT2D eigenvalue weighted by Gasteiger charge is -2.16. The first-order chi connectivity index (χ1) is 17.1. The number of hydrazone groups is 1. The minimum Gasteiger partial charge on any atom is -0.493 e. The molecule has 0 unspecified atom stereocenters. The van der Waals surface area contributed by atoms with E-state index in [0.29, 0.717) is 34.9 Å². The van der Waals surface area contributed by atoms with E-state index in [4.69, 9.17) is 14.2 Å². The van der Waals surface area contributed by atoms with Crippen LogP contribution in [0.1, 0.15) is 25.3 Å². The van der Waals surface area contributed by atoms with Gasteiger partial charge in [-0.25, -0.2) is 5.43 Å². The van der Waals surface area contributed by atoms with E-state index in [1.165, 1.54) is 21.1 Å². The van der Waals surface area contributed by atoms with Crippen LogP contribution in [0.3, 0.4) is 0 Å². The van der Waals surface area contributed by atoms with Gasteiger partial charge in [-0.1, -0.05) is 18.2 Å². The van der Waals surface area contributed by atoms with Crippen LogP contribution in [-0.2, 0) is 4.79 Å². The van der Waals surface area contributed by atoms with Gasteiger partial charge < -0.3 is 24.4 Å². The highest BCUT2D eigenvalue weighted by molar-refractivity contribution is 5.83. The first kappa shape index (κ1) is 23.7. The predicted molar refractivity (Wildman–Crippen MR) is 133 cm³/mol. The number of ether oxygens (including phenoxy) is 3. The molecule has 0 aliphatic carbocycles. The third kappa shape index (κ3) is 6.14. The van der Waals surface area contributed by atoms with Crippen molar-refractivity contribution in [3.63, 3.8) is 0 Å². The second-order valence-corrected chi connectivity index (χ2v) is 7.69. The van der Waals surface area contributed by atoms with Crippen molar-refractivity contribution in [1.82, 2.24) is 15.0 Å². The quantitative estimate of drug-likeness (QED) is 0.204. The molecule has 1 aliphatic rings. The van der Waals surface area contributed by atoms with E-state index in [1.54, 1.807) is 18.3 Å². The molecule has 2 heterocycles. The number of nitrogens with zero attached hydrogens (tertiary/aromatic N) is 5. The lowest BCUT2D eigenvalue weighted by atomic mass is 10.2. The Bertz CT molecular complexity index is 1170. The van der Waals surface area contributed by atoms with E-state index in [1.807, 2.05) is 30.3 Å². The average molecular weight is 478 g/mol. The summed E-state index contributed by atoms with van der Waals surface area (Å²) in [5.74, 6) is 1.71. The van der Waals surface area contributed by atoms with Gasteiger partial charge in [-0.15, -0.1) is 0 Å². The number of hydrogen-bond donors (Lipinski definition) is 2. The van der Waals surface area contributed by atoms with Gasteiger partial charge in [-0.2, -0.15) is 20.1 Å². The second-order valence-electron chi connectivity index (χ2n) is 7.69. The van der Waals surface area contributed by atoms with Crippen molar-refractivity contribution in [2.45, 2.75) is 19.8 Å². The maximum atomic E-state index is 11.4. The minimum atomic E-state index is -0.478. The molecule has 0 radical (unpaired) electrons. The summed E-state index contributed by atoms with van der Waals surface area (Å²) in [7, 11) is 2.96. The molecular formula is C24H27N7O4. The fourth-order valence-electron chi connectivity index (χ4n) is 3.56. The lowest BCUT2D eigenvalue weighted by Crippen LogP contribution is -2.21. The van der Waals surface area contributed by atoms with Crippen LogP contribution in [-0.4, -0.2) is 54.4 Å². The van der Waals surface area contributed by atoms with Gasteiger partial charge in [0.05, 0.1) is 20.4 Å². The lowest BCUT2D eigenvalue weighted by molar-refractivity contribution is -0.132. The van der Waals surface area contributed by atoms with Gasteiger partial charge in [0.2, 0.25) is 23.6 Å². The molecular weight excluding hydrogens is 450 g/mol. The third-order valence-corrected chi connectivity index (χ3v) is 5.15. The van der Waals surface area contributed by atoms with Crippen molar-refractivity contribution in [3.05, 3.63) is 48.0 Å². The second kappa shape index (κ2) is 11.1. The summed E-state index contributed by atoms with van der Waals surface area (Å²) >= 11 is 0. The van der Waals surface area contributed by atoms with Crippen LogP contribution in [0.5, 0.6) is 17.2 Å². The number of esters is 1. The van der Waals surface area contributed by atoms with Crippen LogP contribution < -0.4 is 29.9 Å². The Morgan fingerprint density at radius 2 is 1.66 bits per heavy atom. The molecule has 1 aromatic heterocycles. The van der Waals surface area contributed by atoms with Crippen molar-refractivity contribution < 1.29 is 19.0 Å². The first-order valence-electron chi connectivity index (χ1n) is 11.1. The van der Waals surface area contributed by atoms with Gasteiger partial charge in [0.15, 0.2) is 11.5 Å². The van der Waals surface area contributed by atoms with Crippen molar-refractivity contribution >= 4 is 35.7 Å². The molecule has 35 heavy (non-hydrogen) atoms. The van der Waals surface area contributed by atoms with Crippen LogP contribution in [0.2, 0.25) is 0 Å². The Morgan fingerprint density at radius 1 is 1.00 bits per heavy atom. The zero-order valence-electron chi connectivity index (χ0n) is 19.8. The van der Waals surface area contributed by atoms with E-state index in [9.17, 15) is 4.79 Å². The van der Waals surface area contributed by atoms with Gasteiger partial charge in [0.1, 0.15) is 0 Å². The van der Waals surface area contributed by atoms with Crippen molar-refractivity contribution in [1.29, 1.82) is 0 Å². The number of carbonyl (C=O) groups is 1. The molecule has 3 aromatic rings. The minimum absolute atomic E-state index is 0.206. The maximum absolute atomic E-state index is 11.4. The third-order valence-electron chi connectivity index (χ3n) is 5.15. The van der Waals surface area contributed by atoms with E-state index in [-0.39, 0.29) is 5.75 Å². The highest BCUT2D eigenvalue weighted by Crippen LogP contribution is 2.38. The van der Waals surface area contributed by atoms with Crippen LogP contribution in [0.25, 0.3) is 0 Å². The van der Waals surface area contributed by atoms with Gasteiger partial charge in [0, 0.05) is 31.3 Å². The number of nitrogens with one attached hydrogen (secondary N) is 2. The summed E-state index contributed by atoms with van der Waals surface area (Å²) in [6.07, 6.45) is 3.76. The monoisotopic (exact) mass is 477 g/mol. The van der Waals surface area contributed by atoms with E-state index >= 15 is 0 Å². The number of anilines is 4. The zero-order valence-corrected chi connectivity index (χ0v) is 19.8. The maximum Gasteiger partial charge on any atom is 0.308 e. The topological polar surface area (TPSA) is 123 Å². The number of carbonyl (C=O) groups excluding carboxylic acids is 1. The molecule has 182 valence electrons. The summed E-state index contributed by atoms with van der Waals surface area (Å²) in [5, 5.41) is 7.49. The summed E-state index contributed by atoms with van der Waals surface area (Å²) in [6, 6.07) is 13.0. The van der Waals surface area contributed by atoms with Gasteiger partial charge in [-0.05, 0) is 37.1 Å². The average Bonchev–Trinajstić information content (AvgIpc) is 3.40. The molecule has 0 atom stereocenters. The van der Waals surface area contributed by atoms with Gasteiger partial charge in [-0.3, -0.25) is 4.79 Å². The van der Waals surface area contributed by atoms with Crippen LogP contribution in [0, 0.1) is 0 Å². The van der Waals surface area contributed by atoms with Crippen molar-refractivity contribution in [2.75, 3.05) is 43.0 Å². The van der Waals surface area contributed by atoms with Crippen LogP contribution >= 0.6 is 0 Å². The van der Waals surface area contributed by atoms with Gasteiger partial charge in [0.25, 0.3) is 0 Å². The number of hydrogen-bond acceptors (Lipinski definition) is 11. The van der Waals surface area contributed by atoms with Gasteiger partial charge >= 0.3 is 5.97 Å². The number of aromatic nitrogens is 3. The van der Waals surface area contributed by atoms with E-state index in [2.05, 4.69) is 35.7 Å². The standard InChI is InChI=1S/C24H27N7O4/c1-16(32)35-21-19(33-2)13-17(14-20(21)34-3)15-25-30-23-27-22(26-18-9-5-4-6-10-18)28-24(29-23)31-11-7-8-12-31/h4-6,9-10,13-15H,7-8,11-12H2,1-3H3,(H2,26,27,28,29,30)/b25-15-. The molecule has 0 amide bonds. The Balaban J connectivity index is 1.57. The Morgan fingerprint density at radius 3 is 2.29 bits per heavy atom. The SMILES string of the molecule is COc1cc(/C=N\Nc2nc(Nc3ccccc3)nc(N3CCCC3)n2)cc(OC)c1OC(C)=O. The molecule has 4 rings (SSSR count). The summed E-state index contributed by atoms with van der Waals surface area (Å²) in [5.41, 5.74) is 4.40. The molecule has 0 spiro atoms. The summed E-state index contributed by atoms with van der Waals surface area (Å²) in [6.45, 7) is 3.10. The molecule has 1 aliphatic heterocycles. The molecule has 1 saturated heterocycles. The smallest absolute Gasteiger partial charge is 0.308 e. The van der Waals surface area contributed by atoms with Crippen LogP contribution in [0.4, 0.5) is 23.5 Å². The first-order valence-corrected chi connectivity index (χ1v) is 11.1. The van der Waals surface area contributed by atoms with Crippen molar-refractivity contribution in [3.8, 4) is 17.2 Å².